The quantitative estimate of drug-likeness (QED) is 0.591. The van der Waals surface area contributed by atoms with Crippen molar-refractivity contribution >= 4 is 48.1 Å². The van der Waals surface area contributed by atoms with Crippen molar-refractivity contribution in [3.05, 3.63) is 17.0 Å². The summed E-state index contributed by atoms with van der Waals surface area (Å²) in [4.78, 5) is 0.330. The van der Waals surface area contributed by atoms with Crippen molar-refractivity contribution in [2.45, 2.75) is 38.9 Å². The van der Waals surface area contributed by atoms with Crippen LogP contribution in [0.4, 0.5) is 0 Å². The summed E-state index contributed by atoms with van der Waals surface area (Å²) >= 11 is 8.56. The van der Waals surface area contributed by atoms with Gasteiger partial charge in [-0.25, -0.2) is 0 Å². The van der Waals surface area contributed by atoms with Crippen molar-refractivity contribution < 1.29 is 0 Å². The van der Waals surface area contributed by atoms with Gasteiger partial charge in [0.05, 0.1) is 22.2 Å². The molecule has 0 aliphatic heterocycles. The molecule has 2 nitrogen and oxygen atoms in total. The van der Waals surface area contributed by atoms with Crippen LogP contribution >= 0.6 is 43.6 Å². The smallest absolute Gasteiger partial charge is 0.115 e. The first-order valence-corrected chi connectivity index (χ1v) is 7.88. The number of fused-ring (bicyclic) bond motifs is 1. The minimum atomic E-state index is 0.330. The summed E-state index contributed by atoms with van der Waals surface area (Å²) in [6.45, 7) is 8.39. The van der Waals surface area contributed by atoms with Gasteiger partial charge in [0.2, 0.25) is 0 Å². The van der Waals surface area contributed by atoms with Crippen LogP contribution in [-0.2, 0) is 0 Å². The molecule has 2 atom stereocenters. The lowest BCUT2D eigenvalue weighted by atomic mass is 9.99. The maximum atomic E-state index is 4.34. The van der Waals surface area contributed by atoms with Crippen LogP contribution in [0, 0.1) is 5.92 Å². The van der Waals surface area contributed by atoms with Crippen LogP contribution in [0.25, 0.3) is 4.48 Å². The molecule has 0 bridgehead atoms. The summed E-state index contributed by atoms with van der Waals surface area (Å²) in [5.74, 6) is 0.565. The lowest BCUT2D eigenvalue weighted by Crippen LogP contribution is -1.98. The molecule has 0 spiro atoms. The van der Waals surface area contributed by atoms with E-state index in [0.717, 1.165) is 22.3 Å². The first-order chi connectivity index (χ1) is 7.61. The largest absolute Gasteiger partial charge is 0.176 e. The van der Waals surface area contributed by atoms with E-state index >= 15 is 0 Å². The van der Waals surface area contributed by atoms with Crippen LogP contribution < -0.4 is 0 Å². The maximum absolute atomic E-state index is 4.34. The highest BCUT2D eigenvalue weighted by molar-refractivity contribution is 9.15. The van der Waals surface area contributed by atoms with Crippen molar-refractivity contribution in [2.75, 3.05) is 0 Å². The van der Waals surface area contributed by atoms with Crippen LogP contribution in [0.15, 0.2) is 5.57 Å². The summed E-state index contributed by atoms with van der Waals surface area (Å²) in [6, 6.07) is 0. The minimum Gasteiger partial charge on any atom is -0.176 e. The third-order valence-corrected chi connectivity index (χ3v) is 5.02. The number of hydrogen-bond donors (Lipinski definition) is 0. The molecule has 90 valence electrons. The molecule has 16 heavy (non-hydrogen) atoms. The molecule has 0 amide bonds. The number of rotatable bonds is 0. The Labute approximate surface area is 118 Å². The van der Waals surface area contributed by atoms with Gasteiger partial charge >= 0.3 is 0 Å². The van der Waals surface area contributed by atoms with Crippen molar-refractivity contribution in [1.82, 2.24) is 8.75 Å². The second-order valence-electron chi connectivity index (χ2n) is 3.60. The van der Waals surface area contributed by atoms with Crippen molar-refractivity contribution in [2.24, 2.45) is 5.92 Å². The Morgan fingerprint density at radius 1 is 1.31 bits per heavy atom. The van der Waals surface area contributed by atoms with Gasteiger partial charge in [0.25, 0.3) is 0 Å². The zero-order valence-electron chi connectivity index (χ0n) is 9.92. The Hall–Kier alpha value is 0.260. The molecule has 1 heterocycles. The Morgan fingerprint density at radius 3 is 2.56 bits per heavy atom. The number of hydrogen-bond acceptors (Lipinski definition) is 3. The Bertz CT molecular complexity index is 387. The summed E-state index contributed by atoms with van der Waals surface area (Å²) in [5.41, 5.74) is 3.45. The predicted octanol–water partition coefficient (Wildman–Crippen LogP) is 5.17. The second-order valence-corrected chi connectivity index (χ2v) is 6.03. The number of allylic oxidation sites excluding steroid dienone is 1. The topological polar surface area (TPSA) is 25.8 Å². The highest BCUT2D eigenvalue weighted by atomic mass is 79.9. The van der Waals surface area contributed by atoms with E-state index in [1.54, 1.807) is 0 Å². The highest BCUT2D eigenvalue weighted by Gasteiger charge is 2.27. The van der Waals surface area contributed by atoms with Gasteiger partial charge in [-0.3, -0.25) is 0 Å². The third-order valence-electron chi connectivity index (χ3n) is 2.66. The molecular formula is C11H16Br2N2S. The first-order valence-electron chi connectivity index (χ1n) is 5.44. The average Bonchev–Trinajstić information content (AvgIpc) is 2.75. The molecule has 5 heteroatoms. The number of alkyl halides is 1. The molecule has 1 aliphatic carbocycles. The Morgan fingerprint density at radius 2 is 1.94 bits per heavy atom. The molecule has 1 aromatic heterocycles. The van der Waals surface area contributed by atoms with E-state index in [2.05, 4.69) is 54.5 Å². The molecule has 2 unspecified atom stereocenters. The molecule has 2 rings (SSSR count). The van der Waals surface area contributed by atoms with Crippen LogP contribution in [0.5, 0.6) is 0 Å². The molecule has 1 aromatic rings. The van der Waals surface area contributed by atoms with E-state index in [9.17, 15) is 0 Å². The summed E-state index contributed by atoms with van der Waals surface area (Å²) in [7, 11) is 0. The van der Waals surface area contributed by atoms with E-state index in [-0.39, 0.29) is 0 Å². The fourth-order valence-corrected chi connectivity index (χ4v) is 3.98. The minimum absolute atomic E-state index is 0.330. The molecule has 0 saturated heterocycles. The molecule has 0 fully saturated rings. The predicted molar refractivity (Wildman–Crippen MR) is 78.2 cm³/mol. The molecule has 0 saturated carbocycles. The second kappa shape index (κ2) is 6.26. The molecular weight excluding hydrogens is 352 g/mol. The van der Waals surface area contributed by atoms with Gasteiger partial charge in [0, 0.05) is 4.48 Å². The van der Waals surface area contributed by atoms with Crippen molar-refractivity contribution in [1.29, 1.82) is 0 Å². The van der Waals surface area contributed by atoms with Gasteiger partial charge in [-0.05, 0) is 35.2 Å². The van der Waals surface area contributed by atoms with E-state index < -0.39 is 0 Å². The first kappa shape index (κ1) is 14.3. The van der Waals surface area contributed by atoms with Crippen LogP contribution in [0.1, 0.15) is 50.3 Å². The number of nitrogens with zero attached hydrogens (tertiary/aromatic N) is 2. The molecule has 0 radical (unpaired) electrons. The summed E-state index contributed by atoms with van der Waals surface area (Å²) in [6.07, 6.45) is 1.08. The number of aromatic nitrogens is 2. The number of halogens is 2. The van der Waals surface area contributed by atoms with Gasteiger partial charge in [0.1, 0.15) is 5.69 Å². The highest BCUT2D eigenvalue weighted by Crippen LogP contribution is 2.43. The maximum Gasteiger partial charge on any atom is 0.115 e. The molecule has 1 aliphatic rings. The lowest BCUT2D eigenvalue weighted by Gasteiger charge is -2.12. The van der Waals surface area contributed by atoms with E-state index in [1.807, 2.05) is 13.8 Å². The van der Waals surface area contributed by atoms with E-state index in [4.69, 9.17) is 0 Å². The fraction of sp³-hybridized carbons (Fsp3) is 0.636. The SMILES string of the molecule is CC.CC1=C(Br)c2nsnc2C(Br)CC1C. The third kappa shape index (κ3) is 2.74. The zero-order valence-corrected chi connectivity index (χ0v) is 13.9. The van der Waals surface area contributed by atoms with Gasteiger partial charge in [-0.2, -0.15) is 8.75 Å². The van der Waals surface area contributed by atoms with Gasteiger partial charge in [-0.1, -0.05) is 42.3 Å². The van der Waals surface area contributed by atoms with Crippen molar-refractivity contribution in [3.63, 3.8) is 0 Å². The molecule has 0 aromatic carbocycles. The molecule has 0 N–H and O–H groups in total. The van der Waals surface area contributed by atoms with Gasteiger partial charge in [0.15, 0.2) is 0 Å². The summed E-state index contributed by atoms with van der Waals surface area (Å²) in [5, 5.41) is 0. The van der Waals surface area contributed by atoms with E-state index in [0.29, 0.717) is 10.7 Å². The van der Waals surface area contributed by atoms with Gasteiger partial charge in [-0.15, -0.1) is 0 Å². The summed E-state index contributed by atoms with van der Waals surface area (Å²) < 4.78 is 9.79. The van der Waals surface area contributed by atoms with Crippen LogP contribution in [-0.4, -0.2) is 8.75 Å². The van der Waals surface area contributed by atoms with Crippen molar-refractivity contribution in [3.8, 4) is 0 Å². The van der Waals surface area contributed by atoms with Crippen LogP contribution in [0.2, 0.25) is 0 Å². The Balaban J connectivity index is 0.000000606. The standard InChI is InChI=1S/C9H10Br2N2S.C2H6/c1-4-3-6(10)8-9(13-14-12-8)7(11)5(4)2;1-2/h4,6H,3H2,1-2H3;1-2H3. The average molecular weight is 368 g/mol. The monoisotopic (exact) mass is 366 g/mol. The van der Waals surface area contributed by atoms with Crippen LogP contribution in [0.3, 0.4) is 0 Å². The fourth-order valence-electron chi connectivity index (χ4n) is 1.56. The normalized spacial score (nSPS) is 24.4. The van der Waals surface area contributed by atoms with Gasteiger partial charge < -0.3 is 0 Å². The lowest BCUT2D eigenvalue weighted by molar-refractivity contribution is 0.614. The van der Waals surface area contributed by atoms with E-state index in [1.165, 1.54) is 17.3 Å². The Kier molecular flexibility index (Phi) is 5.61. The zero-order chi connectivity index (χ0) is 12.3.